The minimum atomic E-state index is 0.353. The van der Waals surface area contributed by atoms with Crippen LogP contribution in [0.25, 0.3) is 10.8 Å². The molecule has 4 rings (SSSR count). The van der Waals surface area contributed by atoms with Crippen LogP contribution in [0.4, 0.5) is 0 Å². The molecule has 0 spiro atoms. The first-order valence-corrected chi connectivity index (χ1v) is 12.9. The number of nitrogens with zero attached hydrogens (tertiary/aromatic N) is 3. The fourth-order valence-electron chi connectivity index (χ4n) is 5.66. The molecule has 2 aliphatic rings. The van der Waals surface area contributed by atoms with E-state index in [0.29, 0.717) is 17.4 Å². The van der Waals surface area contributed by atoms with Gasteiger partial charge in [0.05, 0.1) is 6.10 Å². The molecule has 0 amide bonds. The molecule has 1 heterocycles. The average Bonchev–Trinajstić information content (AvgIpc) is 2.83. The van der Waals surface area contributed by atoms with Crippen LogP contribution in [-0.2, 0) is 6.54 Å². The van der Waals surface area contributed by atoms with Crippen LogP contribution < -0.4 is 4.74 Å². The minimum absolute atomic E-state index is 0.353. The van der Waals surface area contributed by atoms with Gasteiger partial charge in [0.25, 0.3) is 0 Å². The topological polar surface area (TPSA) is 37.2 Å². The third kappa shape index (κ3) is 6.15. The zero-order valence-electron chi connectivity index (χ0n) is 21.3. The van der Waals surface area contributed by atoms with E-state index in [1.54, 1.807) is 6.20 Å². The van der Waals surface area contributed by atoms with Crippen molar-refractivity contribution in [3.63, 3.8) is 0 Å². The van der Waals surface area contributed by atoms with Gasteiger partial charge in [-0.05, 0) is 104 Å². The van der Waals surface area contributed by atoms with E-state index in [2.05, 4.69) is 85.4 Å². The van der Waals surface area contributed by atoms with E-state index in [1.807, 2.05) is 0 Å². The normalized spacial score (nSPS) is 23.1. The molecule has 182 valence electrons. The van der Waals surface area contributed by atoms with E-state index in [0.717, 1.165) is 50.0 Å². The highest BCUT2D eigenvalue weighted by atomic mass is 16.5. The van der Waals surface area contributed by atoms with Gasteiger partial charge in [-0.1, -0.05) is 45.5 Å². The summed E-state index contributed by atoms with van der Waals surface area (Å²) in [5.74, 6) is 3.05. The van der Waals surface area contributed by atoms with E-state index in [-0.39, 0.29) is 0 Å². The van der Waals surface area contributed by atoms with Gasteiger partial charge in [-0.3, -0.25) is 4.90 Å². The Kier molecular flexibility index (Phi) is 7.88. The van der Waals surface area contributed by atoms with Crippen molar-refractivity contribution in [2.75, 3.05) is 13.1 Å². The summed E-state index contributed by atoms with van der Waals surface area (Å²) in [5.41, 5.74) is 1.77. The number of piperidine rings is 1. The lowest BCUT2D eigenvalue weighted by Crippen LogP contribution is -2.35. The van der Waals surface area contributed by atoms with Crippen molar-refractivity contribution in [3.05, 3.63) is 54.7 Å². The first-order valence-electron chi connectivity index (χ1n) is 12.9. The highest BCUT2D eigenvalue weighted by Gasteiger charge is 2.30. The van der Waals surface area contributed by atoms with E-state index in [1.165, 1.54) is 42.0 Å². The standard InChI is InChI=1S/C30H41N3O/c1-6-32-29(31-5)23-15-17-33(18-16-23)21-22-7-8-25-20-28(12-9-24(25)19-22)34-27-13-10-26(11-14-27)30(2,3)4/h6-9,12,19-20,23,26-27H,1,5,10-11,13-18,21H2,2-4H3. The molecule has 1 saturated heterocycles. The van der Waals surface area contributed by atoms with Gasteiger partial charge in [0, 0.05) is 18.7 Å². The molecule has 0 radical (unpaired) electrons. The molecule has 1 aliphatic heterocycles. The molecule has 4 heteroatoms. The molecule has 2 fully saturated rings. The van der Waals surface area contributed by atoms with Crippen LogP contribution in [0.5, 0.6) is 5.75 Å². The van der Waals surface area contributed by atoms with Gasteiger partial charge >= 0.3 is 0 Å². The number of aliphatic imine (C=N–C) groups is 2. The lowest BCUT2D eigenvalue weighted by Gasteiger charge is -2.37. The van der Waals surface area contributed by atoms with Gasteiger partial charge in [-0.2, -0.15) is 0 Å². The average molecular weight is 460 g/mol. The van der Waals surface area contributed by atoms with Crippen molar-refractivity contribution in [1.29, 1.82) is 0 Å². The van der Waals surface area contributed by atoms with Crippen LogP contribution in [0.2, 0.25) is 0 Å². The first-order chi connectivity index (χ1) is 16.4. The minimum Gasteiger partial charge on any atom is -0.490 e. The predicted octanol–water partition coefficient (Wildman–Crippen LogP) is 7.28. The summed E-state index contributed by atoms with van der Waals surface area (Å²) < 4.78 is 6.40. The number of fused-ring (bicyclic) bond motifs is 1. The Bertz CT molecular complexity index is 1020. The second kappa shape index (κ2) is 10.9. The van der Waals surface area contributed by atoms with E-state index < -0.39 is 0 Å². The molecule has 2 aromatic rings. The molecule has 0 atom stereocenters. The van der Waals surface area contributed by atoms with Gasteiger partial charge in [0.1, 0.15) is 11.6 Å². The molecule has 0 N–H and O–H groups in total. The zero-order valence-corrected chi connectivity index (χ0v) is 21.3. The SMILES string of the molecule is C=CN=C(N=C)C1CCN(Cc2ccc3cc(OC4CCC(C(C)(C)C)CC4)ccc3c2)CC1. The largest absolute Gasteiger partial charge is 0.490 e. The number of ether oxygens (including phenoxy) is 1. The lowest BCUT2D eigenvalue weighted by atomic mass is 9.72. The van der Waals surface area contributed by atoms with Crippen molar-refractivity contribution in [3.8, 4) is 5.75 Å². The molecule has 4 nitrogen and oxygen atoms in total. The summed E-state index contributed by atoms with van der Waals surface area (Å²) in [7, 11) is 0. The van der Waals surface area contributed by atoms with Gasteiger partial charge in [0.15, 0.2) is 0 Å². The van der Waals surface area contributed by atoms with Crippen LogP contribution in [0.3, 0.4) is 0 Å². The summed E-state index contributed by atoms with van der Waals surface area (Å²) in [4.78, 5) is 10.9. The molecule has 0 bridgehead atoms. The number of rotatable bonds is 6. The third-order valence-corrected chi connectivity index (χ3v) is 7.82. The van der Waals surface area contributed by atoms with E-state index in [4.69, 9.17) is 4.74 Å². The van der Waals surface area contributed by atoms with Gasteiger partial charge in [-0.25, -0.2) is 9.98 Å². The number of hydrogen-bond acceptors (Lipinski definition) is 3. The molecular weight excluding hydrogens is 418 g/mol. The van der Waals surface area contributed by atoms with Crippen LogP contribution in [0, 0.1) is 17.3 Å². The maximum absolute atomic E-state index is 6.40. The number of likely N-dealkylation sites (tertiary alicyclic amines) is 1. The Labute approximate surface area is 205 Å². The lowest BCUT2D eigenvalue weighted by molar-refractivity contribution is 0.0883. The molecule has 0 aromatic heterocycles. The summed E-state index contributed by atoms with van der Waals surface area (Å²) in [6.45, 7) is 17.6. The number of amidine groups is 1. The van der Waals surface area contributed by atoms with Crippen LogP contribution in [0.15, 0.2) is 59.2 Å². The smallest absolute Gasteiger partial charge is 0.130 e. The first kappa shape index (κ1) is 24.7. The maximum Gasteiger partial charge on any atom is 0.130 e. The van der Waals surface area contributed by atoms with Crippen molar-refractivity contribution < 1.29 is 4.74 Å². The second-order valence-corrected chi connectivity index (χ2v) is 11.2. The van der Waals surface area contributed by atoms with Crippen molar-refractivity contribution in [2.24, 2.45) is 27.2 Å². The predicted molar refractivity (Wildman–Crippen MR) is 145 cm³/mol. The van der Waals surface area contributed by atoms with Crippen molar-refractivity contribution >= 4 is 23.3 Å². The second-order valence-electron chi connectivity index (χ2n) is 11.2. The zero-order chi connectivity index (χ0) is 24.1. The Morgan fingerprint density at radius 3 is 2.32 bits per heavy atom. The molecular formula is C30H41N3O. The number of hydrogen-bond donors (Lipinski definition) is 0. The van der Waals surface area contributed by atoms with Crippen LogP contribution in [0.1, 0.15) is 64.9 Å². The molecule has 2 aromatic carbocycles. The summed E-state index contributed by atoms with van der Waals surface area (Å²) in [5, 5.41) is 2.54. The summed E-state index contributed by atoms with van der Waals surface area (Å²) in [6, 6.07) is 13.4. The maximum atomic E-state index is 6.40. The van der Waals surface area contributed by atoms with Gasteiger partial charge in [0.2, 0.25) is 0 Å². The number of benzene rings is 2. The summed E-state index contributed by atoms with van der Waals surface area (Å²) >= 11 is 0. The Hall–Kier alpha value is -2.46. The Balaban J connectivity index is 1.32. The molecule has 1 aliphatic carbocycles. The Morgan fingerprint density at radius 2 is 1.68 bits per heavy atom. The molecule has 0 unspecified atom stereocenters. The fraction of sp³-hybridized carbons (Fsp3) is 0.533. The summed E-state index contributed by atoms with van der Waals surface area (Å²) in [6.07, 6.45) is 8.93. The molecule has 1 saturated carbocycles. The third-order valence-electron chi connectivity index (χ3n) is 7.82. The van der Waals surface area contributed by atoms with Crippen LogP contribution >= 0.6 is 0 Å². The Morgan fingerprint density at radius 1 is 1.00 bits per heavy atom. The highest BCUT2D eigenvalue weighted by molar-refractivity contribution is 5.89. The van der Waals surface area contributed by atoms with Gasteiger partial charge < -0.3 is 4.74 Å². The van der Waals surface area contributed by atoms with Gasteiger partial charge in [-0.15, -0.1) is 0 Å². The van der Waals surface area contributed by atoms with Crippen LogP contribution in [-0.4, -0.2) is 36.6 Å². The highest BCUT2D eigenvalue weighted by Crippen LogP contribution is 2.39. The monoisotopic (exact) mass is 459 g/mol. The molecule has 34 heavy (non-hydrogen) atoms. The fourth-order valence-corrected chi connectivity index (χ4v) is 5.66. The van der Waals surface area contributed by atoms with Crippen molar-refractivity contribution in [1.82, 2.24) is 4.90 Å². The van der Waals surface area contributed by atoms with Crippen molar-refractivity contribution in [2.45, 2.75) is 71.9 Å². The van der Waals surface area contributed by atoms with E-state index in [9.17, 15) is 0 Å². The van der Waals surface area contributed by atoms with E-state index >= 15 is 0 Å². The quantitative estimate of drug-likeness (QED) is 0.336.